The summed E-state index contributed by atoms with van der Waals surface area (Å²) in [6, 6.07) is 9.13. The number of anilines is 1. The maximum absolute atomic E-state index is 5.16. The molecule has 4 rings (SSSR count). The second-order valence-corrected chi connectivity index (χ2v) is 9.13. The number of rotatable bonds is 7. The number of ether oxygens (including phenoxy) is 1. The molecule has 3 heterocycles. The van der Waals surface area contributed by atoms with E-state index in [1.54, 1.807) is 7.11 Å². The Hall–Kier alpha value is -2.26. The summed E-state index contributed by atoms with van der Waals surface area (Å²) in [6.07, 6.45) is 1.92. The van der Waals surface area contributed by atoms with Gasteiger partial charge in [0.05, 0.1) is 13.1 Å². The minimum absolute atomic E-state index is 0.279. The molecule has 0 bridgehead atoms. The van der Waals surface area contributed by atoms with Crippen molar-refractivity contribution in [1.82, 2.24) is 25.4 Å². The molecule has 0 aliphatic carbocycles. The topological polar surface area (TPSA) is 79.6 Å². The van der Waals surface area contributed by atoms with Crippen LogP contribution in [0.3, 0.4) is 0 Å². The van der Waals surface area contributed by atoms with E-state index < -0.39 is 0 Å². The van der Waals surface area contributed by atoms with Crippen LogP contribution in [0.1, 0.15) is 30.6 Å². The van der Waals surface area contributed by atoms with Crippen molar-refractivity contribution in [3.05, 3.63) is 41.5 Å². The number of aryl methyl sites for hydroxylation is 1. The van der Waals surface area contributed by atoms with E-state index in [0.29, 0.717) is 13.2 Å². The van der Waals surface area contributed by atoms with Gasteiger partial charge in [0.2, 0.25) is 0 Å². The van der Waals surface area contributed by atoms with Gasteiger partial charge in [-0.05, 0) is 31.0 Å². The van der Waals surface area contributed by atoms with Crippen molar-refractivity contribution in [3.8, 4) is 0 Å². The van der Waals surface area contributed by atoms with Gasteiger partial charge >= 0.3 is 0 Å². The Morgan fingerprint density at radius 2 is 2.06 bits per heavy atom. The highest BCUT2D eigenvalue weighted by atomic mass is 32.2. The van der Waals surface area contributed by atoms with Gasteiger partial charge in [-0.15, -0.1) is 0 Å². The molecule has 2 N–H and O–H groups in total. The van der Waals surface area contributed by atoms with Crippen LogP contribution in [-0.2, 0) is 30.9 Å². The first-order valence-corrected chi connectivity index (χ1v) is 12.3. The van der Waals surface area contributed by atoms with Crippen molar-refractivity contribution >= 4 is 23.4 Å². The second kappa shape index (κ2) is 10.9. The average Bonchev–Trinajstić information content (AvgIpc) is 3.20. The highest BCUT2D eigenvalue weighted by molar-refractivity contribution is 7.99. The van der Waals surface area contributed by atoms with E-state index >= 15 is 0 Å². The van der Waals surface area contributed by atoms with Crippen molar-refractivity contribution in [3.63, 3.8) is 0 Å². The number of hydrogen-bond acceptors (Lipinski definition) is 6. The second-order valence-electron chi connectivity index (χ2n) is 7.90. The van der Waals surface area contributed by atoms with E-state index in [1.165, 1.54) is 22.8 Å². The maximum atomic E-state index is 5.16. The third-order valence-corrected chi connectivity index (χ3v) is 6.54. The molecular formula is C22H33N7OS. The normalized spacial score (nSPS) is 19.2. The predicted molar refractivity (Wildman–Crippen MR) is 127 cm³/mol. The average molecular weight is 444 g/mol. The van der Waals surface area contributed by atoms with Crippen LogP contribution in [0.4, 0.5) is 5.69 Å². The van der Waals surface area contributed by atoms with Crippen LogP contribution in [0.2, 0.25) is 0 Å². The van der Waals surface area contributed by atoms with Gasteiger partial charge in [0.1, 0.15) is 12.4 Å². The molecule has 9 heteroatoms. The molecule has 1 aromatic carbocycles. The molecule has 2 aromatic rings. The van der Waals surface area contributed by atoms with Crippen LogP contribution in [0.15, 0.2) is 29.3 Å². The van der Waals surface area contributed by atoms with Gasteiger partial charge in [-0.2, -0.15) is 16.9 Å². The van der Waals surface area contributed by atoms with Gasteiger partial charge in [0, 0.05) is 56.4 Å². The molecule has 0 radical (unpaired) electrons. The molecule has 31 heavy (non-hydrogen) atoms. The van der Waals surface area contributed by atoms with Crippen LogP contribution >= 0.6 is 11.8 Å². The number of thioether (sulfide) groups is 1. The van der Waals surface area contributed by atoms with Crippen LogP contribution in [0.25, 0.3) is 0 Å². The standard InChI is InChI=1S/C22H33N7OS/c1-3-23-22(25-18-6-9-21-26-20(16-30-2)27-29(21)15-18)24-14-17-4-7-19(8-5-17)28-10-12-31-13-11-28/h4-5,7-8,18H,3,6,9-16H2,1-2H3,(H2,23,24,25). The van der Waals surface area contributed by atoms with Crippen molar-refractivity contribution in [2.75, 3.05) is 43.1 Å². The van der Waals surface area contributed by atoms with Crippen molar-refractivity contribution in [1.29, 1.82) is 0 Å². The Bertz CT molecular complexity index is 861. The van der Waals surface area contributed by atoms with Crippen LogP contribution in [0.5, 0.6) is 0 Å². The molecule has 0 saturated carbocycles. The van der Waals surface area contributed by atoms with Crippen molar-refractivity contribution < 1.29 is 4.74 Å². The highest BCUT2D eigenvalue weighted by Gasteiger charge is 2.22. The third kappa shape index (κ3) is 5.92. The molecule has 0 amide bonds. The summed E-state index contributed by atoms with van der Waals surface area (Å²) in [5.41, 5.74) is 2.54. The summed E-state index contributed by atoms with van der Waals surface area (Å²) >= 11 is 2.04. The third-order valence-electron chi connectivity index (χ3n) is 5.59. The van der Waals surface area contributed by atoms with E-state index in [0.717, 1.165) is 56.6 Å². The monoisotopic (exact) mass is 443 g/mol. The predicted octanol–water partition coefficient (Wildman–Crippen LogP) is 2.05. The summed E-state index contributed by atoms with van der Waals surface area (Å²) in [5.74, 6) is 5.08. The summed E-state index contributed by atoms with van der Waals surface area (Å²) in [5, 5.41) is 11.5. The fraction of sp³-hybridized carbons (Fsp3) is 0.591. The van der Waals surface area contributed by atoms with Crippen LogP contribution in [0, 0.1) is 0 Å². The Balaban J connectivity index is 1.34. The number of nitrogens with zero attached hydrogens (tertiary/aromatic N) is 5. The number of fused-ring (bicyclic) bond motifs is 1. The number of guanidine groups is 1. The number of aromatic nitrogens is 3. The molecule has 1 fully saturated rings. The number of aliphatic imine (C=N–C) groups is 1. The lowest BCUT2D eigenvalue weighted by molar-refractivity contribution is 0.177. The van der Waals surface area contributed by atoms with Gasteiger partial charge in [0.15, 0.2) is 11.8 Å². The summed E-state index contributed by atoms with van der Waals surface area (Å²) in [7, 11) is 1.67. The lowest BCUT2D eigenvalue weighted by atomic mass is 10.1. The molecule has 2 aliphatic rings. The molecule has 1 aromatic heterocycles. The first-order valence-electron chi connectivity index (χ1n) is 11.1. The first kappa shape index (κ1) is 22.0. The fourth-order valence-electron chi connectivity index (χ4n) is 3.99. The Labute approximate surface area is 188 Å². The van der Waals surface area contributed by atoms with Gasteiger partial charge in [-0.3, -0.25) is 0 Å². The summed E-state index contributed by atoms with van der Waals surface area (Å²) < 4.78 is 7.15. The smallest absolute Gasteiger partial charge is 0.191 e. The Morgan fingerprint density at radius 3 is 2.81 bits per heavy atom. The molecule has 0 spiro atoms. The van der Waals surface area contributed by atoms with E-state index in [1.807, 2.05) is 16.4 Å². The van der Waals surface area contributed by atoms with Gasteiger partial charge in [0.25, 0.3) is 0 Å². The van der Waals surface area contributed by atoms with Crippen LogP contribution in [-0.4, -0.2) is 65.0 Å². The van der Waals surface area contributed by atoms with Gasteiger partial charge in [-0.1, -0.05) is 12.1 Å². The number of methoxy groups -OCH3 is 1. The number of hydrogen-bond donors (Lipinski definition) is 2. The Morgan fingerprint density at radius 1 is 1.26 bits per heavy atom. The van der Waals surface area contributed by atoms with Crippen LogP contribution < -0.4 is 15.5 Å². The molecule has 1 atom stereocenters. The minimum atomic E-state index is 0.279. The SMILES string of the molecule is CCNC(=NCc1ccc(N2CCSCC2)cc1)NC1CCc2nc(COC)nn2C1. The molecular weight excluding hydrogens is 410 g/mol. The highest BCUT2D eigenvalue weighted by Crippen LogP contribution is 2.20. The van der Waals surface area contributed by atoms with Gasteiger partial charge in [-0.25, -0.2) is 14.7 Å². The zero-order valence-corrected chi connectivity index (χ0v) is 19.3. The van der Waals surface area contributed by atoms with E-state index in [4.69, 9.17) is 9.73 Å². The van der Waals surface area contributed by atoms with E-state index in [2.05, 4.69) is 56.8 Å². The molecule has 168 valence electrons. The zero-order valence-electron chi connectivity index (χ0n) is 18.5. The molecule has 8 nitrogen and oxygen atoms in total. The van der Waals surface area contributed by atoms with Gasteiger partial charge < -0.3 is 20.3 Å². The first-order chi connectivity index (χ1) is 15.2. The quantitative estimate of drug-likeness (QED) is 0.501. The molecule has 1 unspecified atom stereocenters. The zero-order chi connectivity index (χ0) is 21.5. The summed E-state index contributed by atoms with van der Waals surface area (Å²) in [6.45, 7) is 7.10. The molecule has 2 aliphatic heterocycles. The fourth-order valence-corrected chi connectivity index (χ4v) is 4.89. The Kier molecular flexibility index (Phi) is 7.69. The minimum Gasteiger partial charge on any atom is -0.377 e. The number of nitrogens with one attached hydrogen (secondary N) is 2. The number of benzene rings is 1. The maximum Gasteiger partial charge on any atom is 0.191 e. The van der Waals surface area contributed by atoms with E-state index in [-0.39, 0.29) is 6.04 Å². The van der Waals surface area contributed by atoms with E-state index in [9.17, 15) is 0 Å². The van der Waals surface area contributed by atoms with Crippen molar-refractivity contribution in [2.24, 2.45) is 4.99 Å². The largest absolute Gasteiger partial charge is 0.377 e. The lowest BCUT2D eigenvalue weighted by Crippen LogP contribution is -2.47. The molecule has 1 saturated heterocycles. The van der Waals surface area contributed by atoms with Crippen molar-refractivity contribution in [2.45, 2.75) is 45.5 Å². The lowest BCUT2D eigenvalue weighted by Gasteiger charge is -2.28. The summed E-state index contributed by atoms with van der Waals surface area (Å²) in [4.78, 5) is 11.8.